The fourth-order valence-electron chi connectivity index (χ4n) is 1.47. The van der Waals surface area contributed by atoms with E-state index in [0.29, 0.717) is 5.92 Å². The van der Waals surface area contributed by atoms with E-state index >= 15 is 0 Å². The van der Waals surface area contributed by atoms with Gasteiger partial charge in [0.15, 0.2) is 8.32 Å². The van der Waals surface area contributed by atoms with Gasteiger partial charge in [0.05, 0.1) is 6.10 Å². The van der Waals surface area contributed by atoms with Gasteiger partial charge in [0.1, 0.15) is 0 Å². The molecule has 0 N–H and O–H groups in total. The van der Waals surface area contributed by atoms with Gasteiger partial charge in [-0.1, -0.05) is 66.5 Å². The molecule has 0 aliphatic carbocycles. The fraction of sp³-hybridized carbons (Fsp3) is 0.875. The van der Waals surface area contributed by atoms with Crippen molar-refractivity contribution in [3.8, 4) is 0 Å². The van der Waals surface area contributed by atoms with E-state index in [2.05, 4.69) is 66.8 Å². The molecule has 0 aliphatic heterocycles. The van der Waals surface area contributed by atoms with Gasteiger partial charge in [0.2, 0.25) is 0 Å². The zero-order chi connectivity index (χ0) is 14.4. The summed E-state index contributed by atoms with van der Waals surface area (Å²) in [5, 5.41) is 0.289. The topological polar surface area (TPSA) is 9.23 Å². The summed E-state index contributed by atoms with van der Waals surface area (Å²) < 4.78 is 6.50. The first-order valence-corrected chi connectivity index (χ1v) is 10.4. The van der Waals surface area contributed by atoms with Gasteiger partial charge in [-0.2, -0.15) is 0 Å². The third-order valence-electron chi connectivity index (χ3n) is 3.94. The Morgan fingerprint density at radius 1 is 1.17 bits per heavy atom. The SMILES string of the molecule is CCCC/C=C/[C@H](O[Si](C)(C)C(C)(C)C)C(C)C. The van der Waals surface area contributed by atoms with Crippen molar-refractivity contribution < 1.29 is 4.43 Å². The van der Waals surface area contributed by atoms with Crippen molar-refractivity contribution in [1.82, 2.24) is 0 Å². The van der Waals surface area contributed by atoms with E-state index in [-0.39, 0.29) is 11.1 Å². The first-order valence-electron chi connectivity index (χ1n) is 7.46. The van der Waals surface area contributed by atoms with Crippen molar-refractivity contribution in [3.05, 3.63) is 12.2 Å². The van der Waals surface area contributed by atoms with Gasteiger partial charge in [-0.15, -0.1) is 0 Å². The highest BCUT2D eigenvalue weighted by atomic mass is 28.4. The largest absolute Gasteiger partial charge is 0.410 e. The van der Waals surface area contributed by atoms with Crippen LogP contribution in [0.3, 0.4) is 0 Å². The Morgan fingerprint density at radius 3 is 2.11 bits per heavy atom. The van der Waals surface area contributed by atoms with Crippen molar-refractivity contribution in [1.29, 1.82) is 0 Å². The Kier molecular flexibility index (Phi) is 7.46. The normalized spacial score (nSPS) is 15.6. The monoisotopic (exact) mass is 270 g/mol. The van der Waals surface area contributed by atoms with E-state index in [4.69, 9.17) is 4.43 Å². The molecule has 2 heteroatoms. The molecule has 0 amide bonds. The summed E-state index contributed by atoms with van der Waals surface area (Å²) in [6, 6.07) is 0. The average molecular weight is 271 g/mol. The molecule has 0 aliphatic rings. The second kappa shape index (κ2) is 7.49. The van der Waals surface area contributed by atoms with Crippen LogP contribution >= 0.6 is 0 Å². The molecule has 0 fully saturated rings. The molecule has 0 saturated carbocycles. The molecule has 0 heterocycles. The summed E-state index contributed by atoms with van der Waals surface area (Å²) >= 11 is 0. The Morgan fingerprint density at radius 2 is 1.72 bits per heavy atom. The van der Waals surface area contributed by atoms with Crippen LogP contribution in [0.1, 0.15) is 60.8 Å². The Bertz CT molecular complexity index is 248. The number of hydrogen-bond acceptors (Lipinski definition) is 1. The Balaban J connectivity index is 4.59. The zero-order valence-electron chi connectivity index (χ0n) is 13.8. The van der Waals surface area contributed by atoms with E-state index in [1.807, 2.05) is 0 Å². The first-order chi connectivity index (χ1) is 8.12. The summed E-state index contributed by atoms with van der Waals surface area (Å²) in [5.41, 5.74) is 0. The van der Waals surface area contributed by atoms with Crippen LogP contribution in [0.4, 0.5) is 0 Å². The quantitative estimate of drug-likeness (QED) is 0.324. The molecule has 0 spiro atoms. The minimum atomic E-state index is -1.65. The highest BCUT2D eigenvalue weighted by Gasteiger charge is 2.39. The van der Waals surface area contributed by atoms with Crippen LogP contribution in [-0.2, 0) is 4.43 Å². The van der Waals surface area contributed by atoms with Gasteiger partial charge < -0.3 is 4.43 Å². The van der Waals surface area contributed by atoms with E-state index in [0.717, 1.165) is 0 Å². The molecule has 0 aromatic carbocycles. The van der Waals surface area contributed by atoms with Crippen molar-refractivity contribution in [2.45, 2.75) is 85.0 Å². The van der Waals surface area contributed by atoms with E-state index in [9.17, 15) is 0 Å². The van der Waals surface area contributed by atoms with E-state index in [1.165, 1.54) is 19.3 Å². The lowest BCUT2D eigenvalue weighted by Crippen LogP contribution is -2.44. The minimum Gasteiger partial charge on any atom is -0.410 e. The van der Waals surface area contributed by atoms with Gasteiger partial charge in [-0.3, -0.25) is 0 Å². The summed E-state index contributed by atoms with van der Waals surface area (Å²) in [6.07, 6.45) is 8.60. The second-order valence-electron chi connectivity index (χ2n) is 7.16. The maximum atomic E-state index is 6.50. The standard InChI is InChI=1S/C16H34OSi/c1-9-10-11-12-13-15(14(2)3)17-18(7,8)16(4,5)6/h12-15H,9-11H2,1-8H3/b13-12+/t15-/m0/s1. The molecular formula is C16H34OSi. The van der Waals surface area contributed by atoms with Gasteiger partial charge in [0, 0.05) is 0 Å². The first kappa shape index (κ1) is 17.9. The minimum absolute atomic E-state index is 0.280. The summed E-state index contributed by atoms with van der Waals surface area (Å²) in [5.74, 6) is 0.553. The van der Waals surface area contributed by atoms with Crippen LogP contribution in [0.15, 0.2) is 12.2 Å². The molecule has 0 bridgehead atoms. The molecule has 0 aromatic rings. The summed E-state index contributed by atoms with van der Waals surface area (Å²) in [7, 11) is -1.65. The lowest BCUT2D eigenvalue weighted by molar-refractivity contribution is 0.177. The van der Waals surface area contributed by atoms with Crippen LogP contribution in [0.25, 0.3) is 0 Å². The second-order valence-corrected chi connectivity index (χ2v) is 11.9. The maximum absolute atomic E-state index is 6.50. The third kappa shape index (κ3) is 6.19. The van der Waals surface area contributed by atoms with E-state index in [1.54, 1.807) is 0 Å². The van der Waals surface area contributed by atoms with E-state index < -0.39 is 8.32 Å². The molecule has 0 aromatic heterocycles. The van der Waals surface area contributed by atoms with Crippen LogP contribution in [0.2, 0.25) is 18.1 Å². The summed E-state index contributed by atoms with van der Waals surface area (Å²) in [6.45, 7) is 18.3. The van der Waals surface area contributed by atoms with Crippen LogP contribution in [-0.4, -0.2) is 14.4 Å². The highest BCUT2D eigenvalue weighted by molar-refractivity contribution is 6.74. The van der Waals surface area contributed by atoms with Crippen molar-refractivity contribution in [3.63, 3.8) is 0 Å². The molecule has 0 radical (unpaired) electrons. The van der Waals surface area contributed by atoms with Gasteiger partial charge in [-0.25, -0.2) is 0 Å². The molecule has 18 heavy (non-hydrogen) atoms. The van der Waals surface area contributed by atoms with Crippen molar-refractivity contribution >= 4 is 8.32 Å². The number of allylic oxidation sites excluding steroid dienone is 1. The molecule has 1 atom stereocenters. The molecule has 1 nitrogen and oxygen atoms in total. The molecule has 0 unspecified atom stereocenters. The lowest BCUT2D eigenvalue weighted by Gasteiger charge is -2.39. The smallest absolute Gasteiger partial charge is 0.192 e. The van der Waals surface area contributed by atoms with Gasteiger partial charge >= 0.3 is 0 Å². The van der Waals surface area contributed by atoms with Crippen molar-refractivity contribution in [2.75, 3.05) is 0 Å². The van der Waals surface area contributed by atoms with Crippen LogP contribution < -0.4 is 0 Å². The average Bonchev–Trinajstić information content (AvgIpc) is 2.20. The summed E-state index contributed by atoms with van der Waals surface area (Å²) in [4.78, 5) is 0. The maximum Gasteiger partial charge on any atom is 0.192 e. The number of hydrogen-bond donors (Lipinski definition) is 0. The molecule has 0 saturated heterocycles. The molecular weight excluding hydrogens is 236 g/mol. The third-order valence-corrected chi connectivity index (χ3v) is 8.42. The highest BCUT2D eigenvalue weighted by Crippen LogP contribution is 2.38. The number of rotatable bonds is 7. The predicted octanol–water partition coefficient (Wildman–Crippen LogP) is 5.78. The van der Waals surface area contributed by atoms with Gasteiger partial charge in [0.25, 0.3) is 0 Å². The molecule has 108 valence electrons. The van der Waals surface area contributed by atoms with Crippen LogP contribution in [0.5, 0.6) is 0 Å². The van der Waals surface area contributed by atoms with Crippen molar-refractivity contribution in [2.24, 2.45) is 5.92 Å². The lowest BCUT2D eigenvalue weighted by atomic mass is 10.1. The zero-order valence-corrected chi connectivity index (χ0v) is 14.8. The predicted molar refractivity (Wildman–Crippen MR) is 85.6 cm³/mol. The molecule has 0 rings (SSSR count). The van der Waals surface area contributed by atoms with Crippen LogP contribution in [0, 0.1) is 5.92 Å². The number of unbranched alkanes of at least 4 members (excludes halogenated alkanes) is 2. The Labute approximate surface area is 116 Å². The van der Waals surface area contributed by atoms with Gasteiger partial charge in [-0.05, 0) is 30.5 Å². The Hall–Kier alpha value is -0.0831. The fourth-order valence-corrected chi connectivity index (χ4v) is 2.85.